The Morgan fingerprint density at radius 1 is 0.592 bits per heavy atom. The quantitative estimate of drug-likeness (QED) is 0.147. The molecule has 1 aliphatic heterocycles. The van der Waals surface area contributed by atoms with E-state index in [9.17, 15) is 19.2 Å². The van der Waals surface area contributed by atoms with Crippen LogP contribution in [-0.2, 0) is 23.7 Å². The van der Waals surface area contributed by atoms with Crippen LogP contribution >= 0.6 is 0 Å². The van der Waals surface area contributed by atoms with Crippen molar-refractivity contribution in [2.45, 2.75) is 37.6 Å². The standard InChI is InChI=1S/C37H31N3O9/c1-24-22-40(39-38-24)33-32(49-37(44)28-20-12-5-13-21-28)31(48-36(43)27-18-10-4-11-19-27)30(47-35(42)26-16-8-3-9-17-26)29(46-33)23-45-34(41)25-14-6-2-7-15-25/h2-22,29-33H,23H2,1H3/t29-,30-,31+,32-,33?/m1/s1. The third-order valence-electron chi connectivity index (χ3n) is 7.64. The highest BCUT2D eigenvalue weighted by Gasteiger charge is 2.54. The number of hydrogen-bond donors (Lipinski definition) is 0. The summed E-state index contributed by atoms with van der Waals surface area (Å²) in [4.78, 5) is 53.8. The normalized spacial score (nSPS) is 20.1. The maximum atomic E-state index is 13.7. The average Bonchev–Trinajstić information content (AvgIpc) is 3.59. The summed E-state index contributed by atoms with van der Waals surface area (Å²) in [6.07, 6.45) is -5.33. The van der Waals surface area contributed by atoms with Crippen LogP contribution in [0.1, 0.15) is 53.4 Å². The summed E-state index contributed by atoms with van der Waals surface area (Å²) < 4.78 is 31.5. The second-order valence-electron chi connectivity index (χ2n) is 11.1. The smallest absolute Gasteiger partial charge is 0.338 e. The fourth-order valence-electron chi connectivity index (χ4n) is 5.25. The fourth-order valence-corrected chi connectivity index (χ4v) is 5.25. The summed E-state index contributed by atoms with van der Waals surface area (Å²) in [5.41, 5.74) is 1.39. The lowest BCUT2D eigenvalue weighted by atomic mass is 9.96. The van der Waals surface area contributed by atoms with Gasteiger partial charge in [0.25, 0.3) is 0 Å². The number of benzene rings is 4. The van der Waals surface area contributed by atoms with Crippen LogP contribution in [0, 0.1) is 6.92 Å². The summed E-state index contributed by atoms with van der Waals surface area (Å²) in [6.45, 7) is 1.26. The molecule has 12 nitrogen and oxygen atoms in total. The number of nitrogens with zero attached hydrogens (tertiary/aromatic N) is 3. The number of carbonyl (C=O) groups excluding carboxylic acids is 4. The molecule has 1 unspecified atom stereocenters. The summed E-state index contributed by atoms with van der Waals surface area (Å²) in [5, 5.41) is 8.20. The van der Waals surface area contributed by atoms with Crippen molar-refractivity contribution in [3.8, 4) is 0 Å². The van der Waals surface area contributed by atoms with Gasteiger partial charge in [0.1, 0.15) is 12.7 Å². The van der Waals surface area contributed by atoms with Gasteiger partial charge >= 0.3 is 23.9 Å². The largest absolute Gasteiger partial charge is 0.459 e. The van der Waals surface area contributed by atoms with Crippen molar-refractivity contribution in [2.75, 3.05) is 6.61 Å². The highest BCUT2D eigenvalue weighted by Crippen LogP contribution is 2.35. The molecule has 0 radical (unpaired) electrons. The number of aryl methyl sites for hydroxylation is 1. The summed E-state index contributed by atoms with van der Waals surface area (Å²) in [6, 6.07) is 32.8. The van der Waals surface area contributed by atoms with Gasteiger partial charge in [0.2, 0.25) is 0 Å². The molecular weight excluding hydrogens is 630 g/mol. The van der Waals surface area contributed by atoms with Gasteiger partial charge < -0.3 is 23.7 Å². The SMILES string of the molecule is Cc1cn(C2O[C@H](COC(=O)c3ccccc3)[C@@H](OC(=O)c3ccccc3)[C@H](OC(=O)c3ccccc3)[C@H]2OC(=O)c2ccccc2)nn1. The molecule has 0 aliphatic carbocycles. The zero-order valence-electron chi connectivity index (χ0n) is 26.2. The van der Waals surface area contributed by atoms with Crippen molar-refractivity contribution in [1.29, 1.82) is 0 Å². The Balaban J connectivity index is 1.42. The molecule has 6 rings (SSSR count). The topological polar surface area (TPSA) is 145 Å². The van der Waals surface area contributed by atoms with Gasteiger partial charge in [0.05, 0.1) is 34.1 Å². The van der Waals surface area contributed by atoms with Gasteiger partial charge in [-0.15, -0.1) is 5.10 Å². The monoisotopic (exact) mass is 661 g/mol. The third-order valence-corrected chi connectivity index (χ3v) is 7.64. The van der Waals surface area contributed by atoms with Crippen LogP contribution in [0.4, 0.5) is 0 Å². The fraction of sp³-hybridized carbons (Fsp3) is 0.189. The van der Waals surface area contributed by atoms with Crippen LogP contribution < -0.4 is 0 Å². The highest BCUT2D eigenvalue weighted by molar-refractivity contribution is 5.91. The third kappa shape index (κ3) is 7.88. The van der Waals surface area contributed by atoms with E-state index in [1.165, 1.54) is 4.68 Å². The first-order chi connectivity index (χ1) is 23.9. The molecule has 49 heavy (non-hydrogen) atoms. The maximum Gasteiger partial charge on any atom is 0.338 e. The first-order valence-electron chi connectivity index (χ1n) is 15.4. The van der Waals surface area contributed by atoms with Crippen LogP contribution in [0.15, 0.2) is 128 Å². The first kappa shape index (κ1) is 32.8. The van der Waals surface area contributed by atoms with Gasteiger partial charge in [0, 0.05) is 0 Å². The summed E-state index contributed by atoms with van der Waals surface area (Å²) in [5.74, 6) is -3.00. The lowest BCUT2D eigenvalue weighted by Crippen LogP contribution is -2.61. The number of hydrogen-bond acceptors (Lipinski definition) is 11. The molecule has 248 valence electrons. The summed E-state index contributed by atoms with van der Waals surface area (Å²) >= 11 is 0. The van der Waals surface area contributed by atoms with Crippen LogP contribution in [-0.4, -0.2) is 69.9 Å². The van der Waals surface area contributed by atoms with E-state index in [0.29, 0.717) is 5.69 Å². The minimum Gasteiger partial charge on any atom is -0.459 e. The molecule has 0 amide bonds. The summed E-state index contributed by atoms with van der Waals surface area (Å²) in [7, 11) is 0. The Morgan fingerprint density at radius 3 is 1.43 bits per heavy atom. The van der Waals surface area contributed by atoms with Crippen molar-refractivity contribution >= 4 is 23.9 Å². The molecule has 0 N–H and O–H groups in total. The van der Waals surface area contributed by atoms with Gasteiger partial charge in [-0.05, 0) is 55.5 Å². The first-order valence-corrected chi connectivity index (χ1v) is 15.4. The van der Waals surface area contributed by atoms with E-state index >= 15 is 0 Å². The van der Waals surface area contributed by atoms with E-state index in [4.69, 9.17) is 23.7 Å². The molecule has 1 fully saturated rings. The predicted octanol–water partition coefficient (Wildman–Crippen LogP) is 5.02. The molecule has 1 saturated heterocycles. The number of rotatable bonds is 10. The van der Waals surface area contributed by atoms with Crippen molar-refractivity contribution < 1.29 is 42.9 Å². The molecular formula is C37H31N3O9. The molecule has 4 aromatic carbocycles. The highest BCUT2D eigenvalue weighted by atomic mass is 16.7. The lowest BCUT2D eigenvalue weighted by Gasteiger charge is -2.44. The zero-order chi connectivity index (χ0) is 34.2. The van der Waals surface area contributed by atoms with Crippen molar-refractivity contribution in [3.63, 3.8) is 0 Å². The Bertz CT molecular complexity index is 1890. The molecule has 0 bridgehead atoms. The Labute approximate surface area is 281 Å². The van der Waals surface area contributed by atoms with Gasteiger partial charge in [-0.2, -0.15) is 0 Å². The lowest BCUT2D eigenvalue weighted by molar-refractivity contribution is -0.252. The van der Waals surface area contributed by atoms with Crippen LogP contribution in [0.25, 0.3) is 0 Å². The van der Waals surface area contributed by atoms with E-state index in [1.807, 2.05) is 0 Å². The maximum absolute atomic E-state index is 13.7. The molecule has 2 heterocycles. The van der Waals surface area contributed by atoms with Gasteiger partial charge in [-0.25, -0.2) is 23.9 Å². The molecule has 5 atom stereocenters. The Hall–Kier alpha value is -6.14. The van der Waals surface area contributed by atoms with Crippen LogP contribution in [0.3, 0.4) is 0 Å². The zero-order valence-corrected chi connectivity index (χ0v) is 26.2. The number of esters is 4. The number of carbonyl (C=O) groups is 4. The molecule has 0 spiro atoms. The van der Waals surface area contributed by atoms with Crippen molar-refractivity contribution in [3.05, 3.63) is 155 Å². The second-order valence-corrected chi connectivity index (χ2v) is 11.1. The van der Waals surface area contributed by atoms with E-state index in [0.717, 1.165) is 0 Å². The predicted molar refractivity (Wildman–Crippen MR) is 172 cm³/mol. The molecule has 1 aliphatic rings. The Kier molecular flexibility index (Phi) is 10.2. The minimum absolute atomic E-state index is 0.190. The van der Waals surface area contributed by atoms with Gasteiger partial charge in [-0.3, -0.25) is 0 Å². The average molecular weight is 662 g/mol. The van der Waals surface area contributed by atoms with Crippen molar-refractivity contribution in [2.24, 2.45) is 0 Å². The van der Waals surface area contributed by atoms with E-state index in [-0.39, 0.29) is 22.3 Å². The molecule has 5 aromatic rings. The molecule has 0 saturated carbocycles. The Morgan fingerprint density at radius 2 is 1.00 bits per heavy atom. The van der Waals surface area contributed by atoms with Gasteiger partial charge in [0.15, 0.2) is 24.5 Å². The van der Waals surface area contributed by atoms with Crippen molar-refractivity contribution in [1.82, 2.24) is 15.0 Å². The second kappa shape index (κ2) is 15.2. The van der Waals surface area contributed by atoms with E-state index in [1.54, 1.807) is 134 Å². The van der Waals surface area contributed by atoms with E-state index < -0.39 is 61.1 Å². The van der Waals surface area contributed by atoms with E-state index in [2.05, 4.69) is 10.3 Å². The van der Waals surface area contributed by atoms with Crippen LogP contribution in [0.2, 0.25) is 0 Å². The van der Waals surface area contributed by atoms with Gasteiger partial charge in [-0.1, -0.05) is 78.0 Å². The molecule has 12 heteroatoms. The number of aromatic nitrogens is 3. The number of ether oxygens (including phenoxy) is 5. The minimum atomic E-state index is -1.49. The van der Waals surface area contributed by atoms with Crippen LogP contribution in [0.5, 0.6) is 0 Å². The molecule has 1 aromatic heterocycles.